The third-order valence-electron chi connectivity index (χ3n) is 4.28. The molecule has 1 saturated carbocycles. The molecule has 2 rings (SSSR count). The molecular weight excluding hydrogens is 218 g/mol. The van der Waals surface area contributed by atoms with Gasteiger partial charge in [0.05, 0.1) is 31.0 Å². The van der Waals surface area contributed by atoms with Gasteiger partial charge in [0.15, 0.2) is 0 Å². The average Bonchev–Trinajstić information content (AvgIpc) is 2.67. The van der Waals surface area contributed by atoms with Gasteiger partial charge in [-0.05, 0) is 31.1 Å². The van der Waals surface area contributed by atoms with Gasteiger partial charge in [0.2, 0.25) is 0 Å². The smallest absolute Gasteiger partial charge is 0.0948 e. The van der Waals surface area contributed by atoms with Crippen molar-refractivity contribution in [1.29, 1.82) is 0 Å². The largest absolute Gasteiger partial charge is 0.389 e. The normalized spacial score (nSPS) is 36.0. The van der Waals surface area contributed by atoms with Crippen molar-refractivity contribution in [2.75, 3.05) is 19.8 Å². The summed E-state index contributed by atoms with van der Waals surface area (Å²) in [5.74, 6) is 0. The van der Waals surface area contributed by atoms with Crippen LogP contribution in [0.1, 0.15) is 39.5 Å². The van der Waals surface area contributed by atoms with E-state index in [1.54, 1.807) is 0 Å². The summed E-state index contributed by atoms with van der Waals surface area (Å²) in [5, 5.41) is 23.3. The zero-order chi connectivity index (χ0) is 12.5. The van der Waals surface area contributed by atoms with Crippen molar-refractivity contribution >= 4 is 0 Å². The Balaban J connectivity index is 1.78. The lowest BCUT2D eigenvalue weighted by molar-refractivity contribution is -0.0279. The number of hydrogen-bond donors (Lipinski definition) is 3. The van der Waals surface area contributed by atoms with Crippen molar-refractivity contribution in [1.82, 2.24) is 5.32 Å². The summed E-state index contributed by atoms with van der Waals surface area (Å²) in [6.07, 6.45) is 3.38. The van der Waals surface area contributed by atoms with E-state index in [-0.39, 0.29) is 6.04 Å². The third kappa shape index (κ3) is 3.41. The average molecular weight is 243 g/mol. The molecule has 1 aliphatic heterocycles. The van der Waals surface area contributed by atoms with Crippen LogP contribution in [0.15, 0.2) is 0 Å². The molecule has 4 nitrogen and oxygen atoms in total. The molecular formula is C13H25NO3. The predicted octanol–water partition coefficient (Wildman–Crippen LogP) is 0.667. The van der Waals surface area contributed by atoms with Crippen LogP contribution in [-0.4, -0.2) is 47.7 Å². The maximum atomic E-state index is 10.5. The predicted molar refractivity (Wildman–Crippen MR) is 65.8 cm³/mol. The van der Waals surface area contributed by atoms with Gasteiger partial charge in [-0.15, -0.1) is 0 Å². The fraction of sp³-hybridized carbons (Fsp3) is 1.00. The van der Waals surface area contributed by atoms with Crippen molar-refractivity contribution in [3.05, 3.63) is 0 Å². The Kier molecular flexibility index (Phi) is 3.78. The molecule has 0 aromatic heterocycles. The number of rotatable bonds is 3. The zero-order valence-corrected chi connectivity index (χ0v) is 10.9. The number of nitrogens with one attached hydrogen (secondary N) is 1. The van der Waals surface area contributed by atoms with E-state index in [9.17, 15) is 10.2 Å². The van der Waals surface area contributed by atoms with E-state index in [4.69, 9.17) is 4.74 Å². The Bertz CT molecular complexity index is 257. The number of aliphatic hydroxyl groups is 2. The van der Waals surface area contributed by atoms with Crippen LogP contribution < -0.4 is 5.32 Å². The molecule has 0 aromatic rings. The molecule has 2 aliphatic rings. The molecule has 1 aliphatic carbocycles. The summed E-state index contributed by atoms with van der Waals surface area (Å²) in [6, 6.07) is -0.0195. The topological polar surface area (TPSA) is 61.7 Å². The molecule has 2 fully saturated rings. The molecule has 0 bridgehead atoms. The summed E-state index contributed by atoms with van der Waals surface area (Å²) in [4.78, 5) is 0. The van der Waals surface area contributed by atoms with Crippen LogP contribution in [0.25, 0.3) is 0 Å². The third-order valence-corrected chi connectivity index (χ3v) is 4.28. The number of hydrogen-bond acceptors (Lipinski definition) is 4. The van der Waals surface area contributed by atoms with Crippen molar-refractivity contribution in [2.45, 2.75) is 57.3 Å². The van der Waals surface area contributed by atoms with Gasteiger partial charge in [0.1, 0.15) is 0 Å². The molecule has 0 spiro atoms. The highest BCUT2D eigenvalue weighted by molar-refractivity contribution is 4.92. The van der Waals surface area contributed by atoms with Crippen molar-refractivity contribution in [3.63, 3.8) is 0 Å². The second-order valence-corrected chi connectivity index (χ2v) is 6.48. The Morgan fingerprint density at radius 3 is 2.35 bits per heavy atom. The fourth-order valence-corrected chi connectivity index (χ4v) is 2.63. The standard InChI is InChI=1S/C13H25NO3/c1-12(2)3-5-13(16,6-4-12)9-14-10-7-17-8-11(10)15/h10-11,14-16H,3-9H2,1-2H3. The minimum atomic E-state index is -0.599. The lowest BCUT2D eigenvalue weighted by atomic mass is 9.71. The van der Waals surface area contributed by atoms with Crippen LogP contribution in [-0.2, 0) is 4.74 Å². The molecule has 17 heavy (non-hydrogen) atoms. The Hall–Kier alpha value is -0.160. The van der Waals surface area contributed by atoms with Gasteiger partial charge in [-0.2, -0.15) is 0 Å². The highest BCUT2D eigenvalue weighted by atomic mass is 16.5. The molecule has 1 saturated heterocycles. The quantitative estimate of drug-likeness (QED) is 0.682. The Labute approximate surface area is 103 Å². The summed E-state index contributed by atoms with van der Waals surface area (Å²) >= 11 is 0. The van der Waals surface area contributed by atoms with E-state index in [0.717, 1.165) is 25.7 Å². The van der Waals surface area contributed by atoms with Gasteiger partial charge in [0.25, 0.3) is 0 Å². The van der Waals surface area contributed by atoms with E-state index in [1.807, 2.05) is 0 Å². The highest BCUT2D eigenvalue weighted by Crippen LogP contribution is 2.39. The van der Waals surface area contributed by atoms with Gasteiger partial charge in [-0.25, -0.2) is 0 Å². The molecule has 100 valence electrons. The SMILES string of the molecule is CC1(C)CCC(O)(CNC2COCC2O)CC1. The van der Waals surface area contributed by atoms with Crippen molar-refractivity contribution in [3.8, 4) is 0 Å². The molecule has 0 aromatic carbocycles. The first-order chi connectivity index (χ1) is 7.90. The van der Waals surface area contributed by atoms with Gasteiger partial charge < -0.3 is 20.3 Å². The van der Waals surface area contributed by atoms with E-state index in [1.165, 1.54) is 0 Å². The number of aliphatic hydroxyl groups excluding tert-OH is 1. The van der Waals surface area contributed by atoms with E-state index in [0.29, 0.717) is 25.2 Å². The first-order valence-electron chi connectivity index (χ1n) is 6.62. The summed E-state index contributed by atoms with van der Waals surface area (Å²) < 4.78 is 5.18. The molecule has 2 atom stereocenters. The Morgan fingerprint density at radius 1 is 1.18 bits per heavy atom. The first kappa shape index (κ1) is 13.3. The Morgan fingerprint density at radius 2 is 1.82 bits per heavy atom. The fourth-order valence-electron chi connectivity index (χ4n) is 2.63. The minimum absolute atomic E-state index is 0.0195. The maximum Gasteiger partial charge on any atom is 0.0948 e. The van der Waals surface area contributed by atoms with Gasteiger partial charge in [0, 0.05) is 6.54 Å². The summed E-state index contributed by atoms with van der Waals surface area (Å²) in [7, 11) is 0. The van der Waals surface area contributed by atoms with Crippen LogP contribution in [0.3, 0.4) is 0 Å². The molecule has 2 unspecified atom stereocenters. The lowest BCUT2D eigenvalue weighted by Gasteiger charge is -2.40. The van der Waals surface area contributed by atoms with E-state index in [2.05, 4.69) is 19.2 Å². The van der Waals surface area contributed by atoms with E-state index >= 15 is 0 Å². The molecule has 0 amide bonds. The minimum Gasteiger partial charge on any atom is -0.389 e. The molecule has 1 heterocycles. The van der Waals surface area contributed by atoms with Crippen LogP contribution in [0.5, 0.6) is 0 Å². The zero-order valence-electron chi connectivity index (χ0n) is 10.9. The summed E-state index contributed by atoms with van der Waals surface area (Å²) in [6.45, 7) is 6.03. The van der Waals surface area contributed by atoms with Crippen LogP contribution in [0.2, 0.25) is 0 Å². The molecule has 3 N–H and O–H groups in total. The second kappa shape index (κ2) is 4.84. The maximum absolute atomic E-state index is 10.5. The second-order valence-electron chi connectivity index (χ2n) is 6.48. The number of ether oxygens (including phenoxy) is 1. The van der Waals surface area contributed by atoms with Gasteiger partial charge in [-0.1, -0.05) is 13.8 Å². The van der Waals surface area contributed by atoms with Crippen molar-refractivity contribution in [2.24, 2.45) is 5.41 Å². The van der Waals surface area contributed by atoms with E-state index < -0.39 is 11.7 Å². The van der Waals surface area contributed by atoms with Gasteiger partial charge >= 0.3 is 0 Å². The highest BCUT2D eigenvalue weighted by Gasteiger charge is 2.37. The summed E-state index contributed by atoms with van der Waals surface area (Å²) in [5.41, 5.74) is -0.236. The monoisotopic (exact) mass is 243 g/mol. The molecule has 0 radical (unpaired) electrons. The molecule has 4 heteroatoms. The van der Waals surface area contributed by atoms with Crippen LogP contribution >= 0.6 is 0 Å². The van der Waals surface area contributed by atoms with Crippen LogP contribution in [0.4, 0.5) is 0 Å². The van der Waals surface area contributed by atoms with Crippen molar-refractivity contribution < 1.29 is 14.9 Å². The first-order valence-corrected chi connectivity index (χ1v) is 6.62. The van der Waals surface area contributed by atoms with Gasteiger partial charge in [-0.3, -0.25) is 0 Å². The lowest BCUT2D eigenvalue weighted by Crippen LogP contribution is -2.50. The van der Waals surface area contributed by atoms with Crippen LogP contribution in [0, 0.1) is 5.41 Å².